The Hall–Kier alpha value is -1.98. The van der Waals surface area contributed by atoms with Crippen LogP contribution in [0.1, 0.15) is 13.8 Å². The lowest BCUT2D eigenvalue weighted by molar-refractivity contribution is -0.134. The number of amides is 2. The van der Waals surface area contributed by atoms with Crippen LogP contribution in [0.3, 0.4) is 0 Å². The Morgan fingerprint density at radius 2 is 1.46 bits per heavy atom. The van der Waals surface area contributed by atoms with Gasteiger partial charge < -0.3 is 0 Å². The summed E-state index contributed by atoms with van der Waals surface area (Å²) < 4.78 is 0. The van der Waals surface area contributed by atoms with Crippen LogP contribution in [-0.4, -0.2) is 23.8 Å². The van der Waals surface area contributed by atoms with Gasteiger partial charge in [-0.15, -0.1) is 0 Å². The van der Waals surface area contributed by atoms with E-state index in [-0.39, 0.29) is 5.91 Å². The molecule has 2 amide bonds. The van der Waals surface area contributed by atoms with Crippen LogP contribution in [0, 0.1) is 0 Å². The van der Waals surface area contributed by atoms with Gasteiger partial charge in [-0.1, -0.05) is 59.9 Å². The highest BCUT2D eigenvalue weighted by Crippen LogP contribution is 2.37. The first kappa shape index (κ1) is 18.4. The highest BCUT2D eigenvalue weighted by Gasteiger charge is 2.20. The average Bonchev–Trinajstić information content (AvgIpc) is 2.62. The van der Waals surface area contributed by atoms with Gasteiger partial charge in [-0.25, -0.2) is 0 Å². The van der Waals surface area contributed by atoms with E-state index < -0.39 is 0 Å². The zero-order chi connectivity index (χ0) is 17.4. The van der Waals surface area contributed by atoms with E-state index in [9.17, 15) is 9.59 Å². The Kier molecular flexibility index (Phi) is 7.15. The van der Waals surface area contributed by atoms with Gasteiger partial charge in [0.15, 0.2) is 0 Å². The molecule has 0 spiro atoms. The van der Waals surface area contributed by atoms with Crippen LogP contribution in [0.15, 0.2) is 80.3 Å². The van der Waals surface area contributed by atoms with Gasteiger partial charge in [-0.3, -0.25) is 14.5 Å². The lowest BCUT2D eigenvalue weighted by Crippen LogP contribution is -2.30. The molecule has 124 valence electrons. The van der Waals surface area contributed by atoms with E-state index in [1.807, 2.05) is 67.6 Å². The molecule has 0 fully saturated rings. The molecule has 0 atom stereocenters. The maximum atomic E-state index is 12.7. The van der Waals surface area contributed by atoms with E-state index in [1.165, 1.54) is 28.4 Å². The van der Waals surface area contributed by atoms with Crippen molar-refractivity contribution < 1.29 is 9.59 Å². The average molecular weight is 358 g/mol. The summed E-state index contributed by atoms with van der Waals surface area (Å²) in [5, 5.41) is 0. The van der Waals surface area contributed by atoms with E-state index in [1.54, 1.807) is 6.92 Å². The summed E-state index contributed by atoms with van der Waals surface area (Å²) in [7, 11) is 0. The lowest BCUT2D eigenvalue weighted by atomic mass is 10.4. The summed E-state index contributed by atoms with van der Waals surface area (Å²) in [6.45, 7) is 4.06. The molecule has 2 aromatic rings. The van der Waals surface area contributed by atoms with Crippen LogP contribution >= 0.6 is 23.5 Å². The number of nitrogens with zero attached hydrogens (tertiary/aromatic N) is 1. The van der Waals surface area contributed by atoms with Crippen LogP contribution < -0.4 is 0 Å². The highest BCUT2D eigenvalue weighted by atomic mass is 32.2. The van der Waals surface area contributed by atoms with Crippen molar-refractivity contribution in [2.45, 2.75) is 23.6 Å². The Morgan fingerprint density at radius 3 is 1.92 bits per heavy atom. The third-order valence-corrected chi connectivity index (χ3v) is 5.56. The largest absolute Gasteiger partial charge is 0.281 e. The molecule has 0 heterocycles. The molecule has 5 heteroatoms. The number of likely N-dealkylation sites (N-methyl/N-ethyl adjacent to an activating group) is 1. The van der Waals surface area contributed by atoms with Crippen molar-refractivity contribution in [3.8, 4) is 0 Å². The molecule has 2 aromatic carbocycles. The molecular weight excluding hydrogens is 338 g/mol. The number of hydrogen-bond acceptors (Lipinski definition) is 4. The third-order valence-electron chi connectivity index (χ3n) is 3.22. The van der Waals surface area contributed by atoms with Crippen LogP contribution in [0.5, 0.6) is 0 Å². The Morgan fingerprint density at radius 1 is 0.958 bits per heavy atom. The van der Waals surface area contributed by atoms with Gasteiger partial charge in [0, 0.05) is 21.2 Å². The molecule has 0 aliphatic carbocycles. The maximum absolute atomic E-state index is 12.7. The van der Waals surface area contributed by atoms with E-state index in [0.29, 0.717) is 17.9 Å². The van der Waals surface area contributed by atoms with Gasteiger partial charge in [0.05, 0.1) is 4.91 Å². The molecular formula is C19H19NO2S2. The van der Waals surface area contributed by atoms with Gasteiger partial charge in [-0.05, 0) is 38.1 Å². The quantitative estimate of drug-likeness (QED) is 0.405. The van der Waals surface area contributed by atoms with E-state index >= 15 is 0 Å². The number of benzene rings is 2. The summed E-state index contributed by atoms with van der Waals surface area (Å²) >= 11 is 2.92. The van der Waals surface area contributed by atoms with Gasteiger partial charge in [0.2, 0.25) is 6.41 Å². The molecule has 0 unspecified atom stereocenters. The predicted octanol–water partition coefficient (Wildman–Crippen LogP) is 4.81. The zero-order valence-corrected chi connectivity index (χ0v) is 15.3. The first-order valence-electron chi connectivity index (χ1n) is 7.58. The molecule has 0 saturated carbocycles. The number of hydrogen-bond donors (Lipinski definition) is 0. The third kappa shape index (κ3) is 5.01. The number of rotatable bonds is 7. The predicted molar refractivity (Wildman–Crippen MR) is 101 cm³/mol. The van der Waals surface area contributed by atoms with Gasteiger partial charge in [-0.2, -0.15) is 0 Å². The molecule has 0 radical (unpaired) electrons. The maximum Gasteiger partial charge on any atom is 0.267 e. The monoisotopic (exact) mass is 357 g/mol. The van der Waals surface area contributed by atoms with Crippen LogP contribution in [-0.2, 0) is 9.59 Å². The number of carbonyl (C=O) groups excluding carboxylic acids is 2. The minimum absolute atomic E-state index is 0.262. The molecule has 0 aliphatic heterocycles. The van der Waals surface area contributed by atoms with Crippen LogP contribution in [0.25, 0.3) is 0 Å². The molecule has 0 bridgehead atoms. The second-order valence-corrected chi connectivity index (χ2v) is 7.28. The van der Waals surface area contributed by atoms with Gasteiger partial charge >= 0.3 is 0 Å². The summed E-state index contributed by atoms with van der Waals surface area (Å²) in [5.74, 6) is -0.262. The van der Waals surface area contributed by atoms with Gasteiger partial charge in [0.25, 0.3) is 5.91 Å². The van der Waals surface area contributed by atoms with Crippen molar-refractivity contribution in [2.24, 2.45) is 0 Å². The van der Waals surface area contributed by atoms with Crippen molar-refractivity contribution in [3.63, 3.8) is 0 Å². The van der Waals surface area contributed by atoms with Crippen molar-refractivity contribution in [1.29, 1.82) is 0 Å². The minimum Gasteiger partial charge on any atom is -0.281 e. The standard InChI is InChI=1S/C19H19NO2S2/c1-3-20(14-21)19(22)18(24-17-12-8-5-9-13-17)15(2)23-16-10-6-4-7-11-16/h4-14H,3H2,1-2H3/b18-15-. The second kappa shape index (κ2) is 9.35. The highest BCUT2D eigenvalue weighted by molar-refractivity contribution is 8.07. The number of thioether (sulfide) groups is 2. The van der Waals surface area contributed by atoms with E-state index in [4.69, 9.17) is 0 Å². The fourth-order valence-corrected chi connectivity index (χ4v) is 3.93. The first-order valence-corrected chi connectivity index (χ1v) is 9.22. The Bertz CT molecular complexity index is 715. The summed E-state index contributed by atoms with van der Waals surface area (Å²) in [6.07, 6.45) is 0.592. The van der Waals surface area contributed by atoms with Crippen molar-refractivity contribution in [3.05, 3.63) is 70.5 Å². The summed E-state index contributed by atoms with van der Waals surface area (Å²) in [6, 6.07) is 19.6. The SMILES string of the molecule is CCN(C=O)C(=O)/C(Sc1ccccc1)=C(\C)Sc1ccccc1. The lowest BCUT2D eigenvalue weighted by Gasteiger charge is -2.17. The van der Waals surface area contributed by atoms with Crippen molar-refractivity contribution >= 4 is 35.8 Å². The number of carbonyl (C=O) groups is 2. The smallest absolute Gasteiger partial charge is 0.267 e. The van der Waals surface area contributed by atoms with Gasteiger partial charge in [0.1, 0.15) is 0 Å². The molecule has 0 aromatic heterocycles. The fourth-order valence-electron chi connectivity index (χ4n) is 1.98. The normalized spacial score (nSPS) is 11.6. The molecule has 0 N–H and O–H groups in total. The molecule has 0 saturated heterocycles. The second-order valence-electron chi connectivity index (χ2n) is 4.91. The Labute approximate surface area is 151 Å². The zero-order valence-electron chi connectivity index (χ0n) is 13.6. The summed E-state index contributed by atoms with van der Waals surface area (Å²) in [4.78, 5) is 28.6. The first-order chi connectivity index (χ1) is 11.7. The van der Waals surface area contributed by atoms with Crippen molar-refractivity contribution in [1.82, 2.24) is 4.90 Å². The number of imide groups is 1. The molecule has 0 aliphatic rings. The van der Waals surface area contributed by atoms with E-state index in [2.05, 4.69) is 0 Å². The fraction of sp³-hybridized carbons (Fsp3) is 0.158. The Balaban J connectivity index is 2.35. The van der Waals surface area contributed by atoms with Crippen LogP contribution in [0.4, 0.5) is 0 Å². The molecule has 2 rings (SSSR count). The van der Waals surface area contributed by atoms with Crippen molar-refractivity contribution in [2.75, 3.05) is 6.54 Å². The van der Waals surface area contributed by atoms with Crippen LogP contribution in [0.2, 0.25) is 0 Å². The minimum atomic E-state index is -0.262. The summed E-state index contributed by atoms with van der Waals surface area (Å²) in [5.41, 5.74) is 0. The number of allylic oxidation sites excluding steroid dienone is 1. The molecule has 3 nitrogen and oxygen atoms in total. The molecule has 24 heavy (non-hydrogen) atoms. The van der Waals surface area contributed by atoms with E-state index in [0.717, 1.165) is 14.7 Å². The topological polar surface area (TPSA) is 37.4 Å².